The number of imidazole rings is 1. The number of carbonyl (C=O) groups is 1. The monoisotopic (exact) mass is 283 g/mol. The zero-order valence-corrected chi connectivity index (χ0v) is 12.8. The van der Waals surface area contributed by atoms with E-state index in [4.69, 9.17) is 0 Å². The van der Waals surface area contributed by atoms with E-state index in [0.29, 0.717) is 6.54 Å². The molecule has 1 aliphatic rings. The molecular weight excluding hydrogens is 262 g/mol. The third-order valence-electron chi connectivity index (χ3n) is 4.06. The number of rotatable bonds is 1. The van der Waals surface area contributed by atoms with Gasteiger partial charge in [-0.2, -0.15) is 0 Å². The Morgan fingerprint density at radius 1 is 1.24 bits per heavy atom. The smallest absolute Gasteiger partial charge is 0.254 e. The van der Waals surface area contributed by atoms with E-state index in [0.717, 1.165) is 29.9 Å². The van der Waals surface area contributed by atoms with Crippen LogP contribution >= 0.6 is 0 Å². The minimum Gasteiger partial charge on any atom is -0.347 e. The molecule has 0 fully saturated rings. The van der Waals surface area contributed by atoms with Crippen molar-refractivity contribution in [3.8, 4) is 0 Å². The molecule has 0 bridgehead atoms. The van der Waals surface area contributed by atoms with Crippen LogP contribution in [0.3, 0.4) is 0 Å². The predicted molar refractivity (Wildman–Crippen MR) is 82.2 cm³/mol. The Bertz CT molecular complexity index is 649. The SMILES string of the molecule is CC(C)(C)c1ccc(C(=O)N2CCc3nc[nH]c3C2)cc1. The van der Waals surface area contributed by atoms with Gasteiger partial charge in [-0.05, 0) is 23.1 Å². The normalized spacial score (nSPS) is 14.9. The minimum atomic E-state index is 0.0932. The number of hydrogen-bond acceptors (Lipinski definition) is 2. The van der Waals surface area contributed by atoms with Crippen LogP contribution in [-0.2, 0) is 18.4 Å². The fourth-order valence-corrected chi connectivity index (χ4v) is 2.68. The lowest BCUT2D eigenvalue weighted by Gasteiger charge is -2.26. The molecule has 2 heterocycles. The zero-order valence-electron chi connectivity index (χ0n) is 12.8. The number of nitrogens with zero attached hydrogens (tertiary/aromatic N) is 2. The summed E-state index contributed by atoms with van der Waals surface area (Å²) in [5, 5.41) is 0. The topological polar surface area (TPSA) is 49.0 Å². The molecule has 0 atom stereocenters. The highest BCUT2D eigenvalue weighted by atomic mass is 16.2. The maximum absolute atomic E-state index is 12.6. The Kier molecular flexibility index (Phi) is 3.32. The van der Waals surface area contributed by atoms with E-state index in [1.165, 1.54) is 5.56 Å². The molecule has 4 heteroatoms. The van der Waals surface area contributed by atoms with E-state index >= 15 is 0 Å². The Morgan fingerprint density at radius 3 is 2.62 bits per heavy atom. The molecule has 1 aliphatic heterocycles. The largest absolute Gasteiger partial charge is 0.347 e. The summed E-state index contributed by atoms with van der Waals surface area (Å²) in [7, 11) is 0. The lowest BCUT2D eigenvalue weighted by atomic mass is 9.86. The van der Waals surface area contributed by atoms with E-state index in [2.05, 4.69) is 42.9 Å². The van der Waals surface area contributed by atoms with Crippen molar-refractivity contribution in [3.63, 3.8) is 0 Å². The zero-order chi connectivity index (χ0) is 15.0. The van der Waals surface area contributed by atoms with E-state index < -0.39 is 0 Å². The molecule has 0 saturated carbocycles. The number of carbonyl (C=O) groups excluding carboxylic acids is 1. The first-order chi connectivity index (χ1) is 9.95. The number of aromatic amines is 1. The number of hydrogen-bond donors (Lipinski definition) is 1. The molecule has 0 unspecified atom stereocenters. The number of aromatic nitrogens is 2. The summed E-state index contributed by atoms with van der Waals surface area (Å²) < 4.78 is 0. The summed E-state index contributed by atoms with van der Waals surface area (Å²) in [6, 6.07) is 7.98. The first-order valence-corrected chi connectivity index (χ1v) is 7.36. The van der Waals surface area contributed by atoms with Gasteiger partial charge in [0, 0.05) is 18.5 Å². The third-order valence-corrected chi connectivity index (χ3v) is 4.06. The van der Waals surface area contributed by atoms with Gasteiger partial charge in [0.15, 0.2) is 0 Å². The van der Waals surface area contributed by atoms with Gasteiger partial charge in [-0.1, -0.05) is 32.9 Å². The second-order valence-corrected chi connectivity index (χ2v) is 6.63. The average molecular weight is 283 g/mol. The predicted octanol–water partition coefficient (Wildman–Crippen LogP) is 2.91. The van der Waals surface area contributed by atoms with Crippen molar-refractivity contribution < 1.29 is 4.79 Å². The highest BCUT2D eigenvalue weighted by Gasteiger charge is 2.23. The van der Waals surface area contributed by atoms with Crippen LogP contribution in [0.2, 0.25) is 0 Å². The van der Waals surface area contributed by atoms with Gasteiger partial charge in [0.1, 0.15) is 0 Å². The molecule has 4 nitrogen and oxygen atoms in total. The van der Waals surface area contributed by atoms with Gasteiger partial charge in [0.25, 0.3) is 5.91 Å². The summed E-state index contributed by atoms with van der Waals surface area (Å²) in [5.41, 5.74) is 4.25. The Balaban J connectivity index is 1.77. The maximum Gasteiger partial charge on any atom is 0.254 e. The van der Waals surface area contributed by atoms with Gasteiger partial charge in [-0.25, -0.2) is 4.98 Å². The number of nitrogens with one attached hydrogen (secondary N) is 1. The quantitative estimate of drug-likeness (QED) is 0.875. The van der Waals surface area contributed by atoms with Crippen molar-refractivity contribution >= 4 is 5.91 Å². The Labute approximate surface area is 125 Å². The van der Waals surface area contributed by atoms with Gasteiger partial charge >= 0.3 is 0 Å². The molecule has 1 amide bonds. The van der Waals surface area contributed by atoms with E-state index in [1.54, 1.807) is 6.33 Å². The van der Waals surface area contributed by atoms with Gasteiger partial charge in [-0.15, -0.1) is 0 Å². The Morgan fingerprint density at radius 2 is 1.95 bits per heavy atom. The fourth-order valence-electron chi connectivity index (χ4n) is 2.68. The van der Waals surface area contributed by atoms with Crippen molar-refractivity contribution in [2.75, 3.05) is 6.54 Å². The lowest BCUT2D eigenvalue weighted by molar-refractivity contribution is 0.0732. The van der Waals surface area contributed by atoms with Crippen molar-refractivity contribution in [2.24, 2.45) is 0 Å². The first-order valence-electron chi connectivity index (χ1n) is 7.36. The highest BCUT2D eigenvalue weighted by Crippen LogP contribution is 2.23. The van der Waals surface area contributed by atoms with Crippen LogP contribution < -0.4 is 0 Å². The summed E-state index contributed by atoms with van der Waals surface area (Å²) in [5.74, 6) is 0.0932. The maximum atomic E-state index is 12.6. The molecule has 3 rings (SSSR count). The molecular formula is C17H21N3O. The van der Waals surface area contributed by atoms with Crippen LogP contribution in [0.1, 0.15) is 48.1 Å². The summed E-state index contributed by atoms with van der Waals surface area (Å²) in [6.45, 7) is 7.88. The molecule has 0 saturated heterocycles. The third kappa shape index (κ3) is 2.71. The lowest BCUT2D eigenvalue weighted by Crippen LogP contribution is -2.36. The second-order valence-electron chi connectivity index (χ2n) is 6.63. The highest BCUT2D eigenvalue weighted by molar-refractivity contribution is 5.94. The molecule has 110 valence electrons. The molecule has 2 aromatic rings. The van der Waals surface area contributed by atoms with Gasteiger partial charge < -0.3 is 9.88 Å². The van der Waals surface area contributed by atoms with Crippen LogP contribution in [0.15, 0.2) is 30.6 Å². The van der Waals surface area contributed by atoms with Crippen LogP contribution in [0.25, 0.3) is 0 Å². The Hall–Kier alpha value is -2.10. The molecule has 0 aliphatic carbocycles. The number of amides is 1. The summed E-state index contributed by atoms with van der Waals surface area (Å²) in [6.07, 6.45) is 2.53. The van der Waals surface area contributed by atoms with Crippen LogP contribution in [0.4, 0.5) is 0 Å². The van der Waals surface area contributed by atoms with Crippen LogP contribution in [-0.4, -0.2) is 27.3 Å². The first kappa shape index (κ1) is 13.9. The van der Waals surface area contributed by atoms with E-state index in [1.807, 2.05) is 17.0 Å². The minimum absolute atomic E-state index is 0.0932. The van der Waals surface area contributed by atoms with Crippen LogP contribution in [0, 0.1) is 0 Å². The average Bonchev–Trinajstić information content (AvgIpc) is 2.93. The molecule has 0 radical (unpaired) electrons. The molecule has 1 aromatic heterocycles. The molecule has 21 heavy (non-hydrogen) atoms. The van der Waals surface area contributed by atoms with Crippen LogP contribution in [0.5, 0.6) is 0 Å². The van der Waals surface area contributed by atoms with Crippen molar-refractivity contribution in [1.29, 1.82) is 0 Å². The molecule has 1 N–H and O–H groups in total. The molecule has 0 spiro atoms. The second kappa shape index (κ2) is 5.02. The summed E-state index contributed by atoms with van der Waals surface area (Å²) in [4.78, 5) is 21.9. The van der Waals surface area contributed by atoms with Crippen molar-refractivity contribution in [1.82, 2.24) is 14.9 Å². The van der Waals surface area contributed by atoms with E-state index in [-0.39, 0.29) is 11.3 Å². The number of fused-ring (bicyclic) bond motifs is 1. The van der Waals surface area contributed by atoms with Gasteiger partial charge in [-0.3, -0.25) is 4.79 Å². The number of benzene rings is 1. The van der Waals surface area contributed by atoms with Crippen molar-refractivity contribution in [3.05, 3.63) is 53.1 Å². The van der Waals surface area contributed by atoms with Gasteiger partial charge in [0.2, 0.25) is 0 Å². The number of H-pyrrole nitrogens is 1. The van der Waals surface area contributed by atoms with Crippen molar-refractivity contribution in [2.45, 2.75) is 39.2 Å². The summed E-state index contributed by atoms with van der Waals surface area (Å²) >= 11 is 0. The fraction of sp³-hybridized carbons (Fsp3) is 0.412. The van der Waals surface area contributed by atoms with E-state index in [9.17, 15) is 4.79 Å². The standard InChI is InChI=1S/C17H21N3O/c1-17(2,3)13-6-4-12(5-7-13)16(21)20-9-8-14-15(10-20)19-11-18-14/h4-7,11H,8-10H2,1-3H3,(H,18,19). The molecule has 1 aromatic carbocycles. The van der Waals surface area contributed by atoms with Gasteiger partial charge in [0.05, 0.1) is 24.3 Å².